The minimum Gasteiger partial charge on any atom is -0.114 e. The Labute approximate surface area is 90.6 Å². The zero-order valence-corrected chi connectivity index (χ0v) is 10.3. The number of rotatable bonds is 0. The zero-order chi connectivity index (χ0) is 10.4. The summed E-state index contributed by atoms with van der Waals surface area (Å²) in [6.45, 7) is 10.3. The minimum atomic E-state index is -0.334. The van der Waals surface area contributed by atoms with Crippen LogP contribution in [0.4, 0.5) is 0 Å². The van der Waals surface area contributed by atoms with E-state index in [1.54, 1.807) is 0 Å². The molecule has 0 N–H and O–H groups in total. The Kier molecular flexibility index (Phi) is 2.60. The van der Waals surface area contributed by atoms with Crippen molar-refractivity contribution in [2.75, 3.05) is 0 Å². The molecule has 0 amide bonds. The third kappa shape index (κ3) is 1.55. The van der Waals surface area contributed by atoms with E-state index < -0.39 is 0 Å². The van der Waals surface area contributed by atoms with Gasteiger partial charge in [-0.15, -0.1) is 11.6 Å². The SMILES string of the molecule is CC1=CC(C)(Cl)C(C)(C)C(C)=C1Cl. The molecule has 2 heteroatoms. The van der Waals surface area contributed by atoms with Gasteiger partial charge < -0.3 is 0 Å². The van der Waals surface area contributed by atoms with Gasteiger partial charge in [0, 0.05) is 10.4 Å². The summed E-state index contributed by atoms with van der Waals surface area (Å²) < 4.78 is 0. The van der Waals surface area contributed by atoms with Crippen LogP contribution in [0.1, 0.15) is 34.6 Å². The van der Waals surface area contributed by atoms with Crippen LogP contribution in [-0.2, 0) is 0 Å². The summed E-state index contributed by atoms with van der Waals surface area (Å²) in [5.74, 6) is 0. The summed E-state index contributed by atoms with van der Waals surface area (Å²) in [5, 5.41) is 0.864. The summed E-state index contributed by atoms with van der Waals surface area (Å²) in [6.07, 6.45) is 2.05. The highest BCUT2D eigenvalue weighted by Crippen LogP contribution is 2.50. The molecule has 1 unspecified atom stereocenters. The lowest BCUT2D eigenvalue weighted by Gasteiger charge is -2.42. The van der Waals surface area contributed by atoms with Gasteiger partial charge in [-0.05, 0) is 31.9 Å². The molecule has 1 rings (SSSR count). The fraction of sp³-hybridized carbons (Fsp3) is 0.636. The molecule has 0 saturated carbocycles. The van der Waals surface area contributed by atoms with E-state index >= 15 is 0 Å². The van der Waals surface area contributed by atoms with Gasteiger partial charge in [0.2, 0.25) is 0 Å². The standard InChI is InChI=1S/C11H16Cl2/c1-7-6-11(5,13)10(3,4)8(2)9(7)12/h6H,1-5H3. The van der Waals surface area contributed by atoms with Gasteiger partial charge in [0.25, 0.3) is 0 Å². The third-order valence-corrected chi connectivity index (χ3v) is 4.49. The van der Waals surface area contributed by atoms with Crippen LogP contribution in [0.15, 0.2) is 22.3 Å². The van der Waals surface area contributed by atoms with E-state index in [1.807, 2.05) is 19.9 Å². The molecule has 0 aliphatic heterocycles. The normalized spacial score (nSPS) is 33.3. The molecule has 0 aromatic rings. The number of hydrogen-bond acceptors (Lipinski definition) is 0. The molecule has 1 aliphatic rings. The first-order chi connectivity index (χ1) is 5.70. The Morgan fingerprint density at radius 2 is 1.62 bits per heavy atom. The van der Waals surface area contributed by atoms with Crippen LogP contribution in [-0.4, -0.2) is 4.87 Å². The third-order valence-electron chi connectivity index (χ3n) is 3.32. The summed E-state index contributed by atoms with van der Waals surface area (Å²) in [4.78, 5) is -0.334. The molecule has 74 valence electrons. The molecular formula is C11H16Cl2. The van der Waals surface area contributed by atoms with E-state index in [4.69, 9.17) is 23.2 Å². The first kappa shape index (κ1) is 11.1. The van der Waals surface area contributed by atoms with Gasteiger partial charge in [-0.25, -0.2) is 0 Å². The van der Waals surface area contributed by atoms with Crippen LogP contribution < -0.4 is 0 Å². The second-order valence-corrected chi connectivity index (χ2v) is 5.63. The molecule has 0 bridgehead atoms. The summed E-state index contributed by atoms with van der Waals surface area (Å²) in [6, 6.07) is 0. The number of hydrogen-bond donors (Lipinski definition) is 0. The van der Waals surface area contributed by atoms with E-state index in [0.29, 0.717) is 0 Å². The van der Waals surface area contributed by atoms with Gasteiger partial charge in [-0.3, -0.25) is 0 Å². The quantitative estimate of drug-likeness (QED) is 0.527. The van der Waals surface area contributed by atoms with Gasteiger partial charge in [0.05, 0.1) is 4.87 Å². The van der Waals surface area contributed by atoms with E-state index in [1.165, 1.54) is 5.57 Å². The van der Waals surface area contributed by atoms with Gasteiger partial charge in [-0.2, -0.15) is 0 Å². The van der Waals surface area contributed by atoms with Crippen molar-refractivity contribution >= 4 is 23.2 Å². The number of alkyl halides is 1. The highest BCUT2D eigenvalue weighted by Gasteiger charge is 2.42. The highest BCUT2D eigenvalue weighted by molar-refractivity contribution is 6.33. The Morgan fingerprint density at radius 3 is 2.08 bits per heavy atom. The van der Waals surface area contributed by atoms with Gasteiger partial charge in [0.15, 0.2) is 0 Å². The monoisotopic (exact) mass is 218 g/mol. The maximum Gasteiger partial charge on any atom is 0.0692 e. The smallest absolute Gasteiger partial charge is 0.0692 e. The molecule has 0 aromatic heterocycles. The molecule has 0 saturated heterocycles. The van der Waals surface area contributed by atoms with Crippen LogP contribution in [0.5, 0.6) is 0 Å². The van der Waals surface area contributed by atoms with Crippen LogP contribution in [0, 0.1) is 5.41 Å². The Balaban J connectivity index is 3.32. The lowest BCUT2D eigenvalue weighted by Crippen LogP contribution is -2.38. The Morgan fingerprint density at radius 1 is 1.15 bits per heavy atom. The highest BCUT2D eigenvalue weighted by atomic mass is 35.5. The lowest BCUT2D eigenvalue weighted by atomic mass is 9.70. The Hall–Kier alpha value is 0.0600. The van der Waals surface area contributed by atoms with Crippen molar-refractivity contribution in [3.63, 3.8) is 0 Å². The van der Waals surface area contributed by atoms with Crippen molar-refractivity contribution in [2.45, 2.75) is 39.5 Å². The average molecular weight is 219 g/mol. The molecule has 0 aromatic carbocycles. The van der Waals surface area contributed by atoms with Crippen molar-refractivity contribution in [1.82, 2.24) is 0 Å². The number of allylic oxidation sites excluding steroid dienone is 4. The molecule has 0 nitrogen and oxygen atoms in total. The molecule has 1 aliphatic carbocycles. The van der Waals surface area contributed by atoms with Crippen LogP contribution in [0.2, 0.25) is 0 Å². The van der Waals surface area contributed by atoms with Gasteiger partial charge >= 0.3 is 0 Å². The number of halogens is 2. The van der Waals surface area contributed by atoms with Crippen molar-refractivity contribution < 1.29 is 0 Å². The molecule has 0 heterocycles. The first-order valence-corrected chi connectivity index (χ1v) is 5.21. The predicted octanol–water partition coefficient (Wildman–Crippen LogP) is 4.48. The second-order valence-electron chi connectivity index (χ2n) is 4.47. The van der Waals surface area contributed by atoms with Crippen molar-refractivity contribution in [1.29, 1.82) is 0 Å². The molecule has 0 fully saturated rings. The maximum absolute atomic E-state index is 6.45. The summed E-state index contributed by atoms with van der Waals surface area (Å²) in [5.41, 5.74) is 2.17. The van der Waals surface area contributed by atoms with E-state index in [9.17, 15) is 0 Å². The predicted molar refractivity (Wildman–Crippen MR) is 60.3 cm³/mol. The van der Waals surface area contributed by atoms with Crippen LogP contribution in [0.25, 0.3) is 0 Å². The van der Waals surface area contributed by atoms with Crippen molar-refractivity contribution in [2.24, 2.45) is 5.41 Å². The molecule has 0 radical (unpaired) electrons. The van der Waals surface area contributed by atoms with Crippen LogP contribution >= 0.6 is 23.2 Å². The largest absolute Gasteiger partial charge is 0.114 e. The summed E-state index contributed by atoms with van der Waals surface area (Å²) >= 11 is 12.6. The van der Waals surface area contributed by atoms with Gasteiger partial charge in [0.1, 0.15) is 0 Å². The van der Waals surface area contributed by atoms with E-state index in [2.05, 4.69) is 20.8 Å². The van der Waals surface area contributed by atoms with Crippen molar-refractivity contribution in [3.8, 4) is 0 Å². The average Bonchev–Trinajstić information content (AvgIpc) is 1.98. The molecule has 0 spiro atoms. The lowest BCUT2D eigenvalue weighted by molar-refractivity contribution is 0.362. The second kappa shape index (κ2) is 3.03. The fourth-order valence-corrected chi connectivity index (χ4v) is 2.18. The molecular weight excluding hydrogens is 203 g/mol. The Bertz CT molecular complexity index is 293. The van der Waals surface area contributed by atoms with Gasteiger partial charge in [-0.1, -0.05) is 31.5 Å². The molecule has 13 heavy (non-hydrogen) atoms. The van der Waals surface area contributed by atoms with E-state index in [0.717, 1.165) is 10.6 Å². The van der Waals surface area contributed by atoms with E-state index in [-0.39, 0.29) is 10.3 Å². The topological polar surface area (TPSA) is 0 Å². The molecule has 1 atom stereocenters. The maximum atomic E-state index is 6.45. The summed E-state index contributed by atoms with van der Waals surface area (Å²) in [7, 11) is 0. The van der Waals surface area contributed by atoms with Crippen LogP contribution in [0.3, 0.4) is 0 Å². The zero-order valence-electron chi connectivity index (χ0n) is 8.83. The fourth-order valence-electron chi connectivity index (χ4n) is 1.59. The first-order valence-electron chi connectivity index (χ1n) is 4.46. The minimum absolute atomic E-state index is 0.0782. The van der Waals surface area contributed by atoms with Crippen molar-refractivity contribution in [3.05, 3.63) is 22.3 Å².